The van der Waals surface area contributed by atoms with Crippen molar-refractivity contribution in [2.45, 2.75) is 24.9 Å². The molecular formula is C18H18BNO. The van der Waals surface area contributed by atoms with Gasteiger partial charge in [-0.25, -0.2) is 0 Å². The number of hydrogen-bond donors (Lipinski definition) is 0. The molecule has 1 atom stereocenters. The Morgan fingerprint density at radius 3 is 2.14 bits per heavy atom. The second-order valence-corrected chi connectivity index (χ2v) is 5.77. The molecule has 21 heavy (non-hydrogen) atoms. The molecule has 2 aromatic carbocycles. The summed E-state index contributed by atoms with van der Waals surface area (Å²) in [6, 6.07) is 21.6. The molecule has 0 amide bonds. The van der Waals surface area contributed by atoms with Crippen molar-refractivity contribution in [2.75, 3.05) is 0 Å². The van der Waals surface area contributed by atoms with E-state index in [1.165, 1.54) is 11.1 Å². The monoisotopic (exact) mass is 275 g/mol. The molecule has 2 aliphatic rings. The zero-order chi connectivity index (χ0) is 14.3. The van der Waals surface area contributed by atoms with Gasteiger partial charge >= 0.3 is 7.05 Å². The first-order chi connectivity index (χ1) is 10.3. The maximum absolute atomic E-state index is 6.56. The third kappa shape index (κ3) is 1.77. The zero-order valence-electron chi connectivity index (χ0n) is 12.1. The Bertz CT molecular complexity index is 616. The molecule has 0 saturated carbocycles. The Morgan fingerprint density at radius 2 is 1.57 bits per heavy atom. The molecule has 1 fully saturated rings. The highest BCUT2D eigenvalue weighted by molar-refractivity contribution is 6.48. The first kappa shape index (κ1) is 12.7. The van der Waals surface area contributed by atoms with E-state index in [-0.39, 0.29) is 12.7 Å². The van der Waals surface area contributed by atoms with Crippen LogP contribution < -0.4 is 0 Å². The van der Waals surface area contributed by atoms with Gasteiger partial charge in [0.05, 0.1) is 6.04 Å². The van der Waals surface area contributed by atoms with Crippen LogP contribution in [0, 0.1) is 0 Å². The van der Waals surface area contributed by atoms with Gasteiger partial charge in [0.25, 0.3) is 0 Å². The standard InChI is InChI=1S/C18H18BNO/c1-19-20-14-8-13-17(20)18(21-19,15-9-4-2-5-10-15)16-11-6-3-7-12-16/h2-12,14,17H,13H2,1H3/t17-/m1/s1. The molecule has 2 nitrogen and oxygen atoms in total. The fourth-order valence-electron chi connectivity index (χ4n) is 3.76. The van der Waals surface area contributed by atoms with E-state index in [0.29, 0.717) is 6.04 Å². The molecule has 0 radical (unpaired) electrons. The second kappa shape index (κ2) is 4.78. The molecule has 0 N–H and O–H groups in total. The number of rotatable bonds is 2. The van der Waals surface area contributed by atoms with Crippen molar-refractivity contribution in [3.63, 3.8) is 0 Å². The van der Waals surface area contributed by atoms with Crippen LogP contribution in [0.1, 0.15) is 17.5 Å². The van der Waals surface area contributed by atoms with Gasteiger partial charge in [0.2, 0.25) is 0 Å². The minimum Gasteiger partial charge on any atom is -0.401 e. The van der Waals surface area contributed by atoms with Crippen LogP contribution in [0.25, 0.3) is 0 Å². The van der Waals surface area contributed by atoms with Crippen LogP contribution in [-0.4, -0.2) is 17.9 Å². The summed E-state index contributed by atoms with van der Waals surface area (Å²) < 4.78 is 6.56. The molecule has 104 valence electrons. The lowest BCUT2D eigenvalue weighted by molar-refractivity contribution is 0.108. The van der Waals surface area contributed by atoms with Crippen LogP contribution in [0.4, 0.5) is 0 Å². The van der Waals surface area contributed by atoms with Gasteiger partial charge in [-0.05, 0) is 30.6 Å². The lowest BCUT2D eigenvalue weighted by atomic mass is 9.79. The predicted octanol–water partition coefficient (Wildman–Crippen LogP) is 3.67. The lowest BCUT2D eigenvalue weighted by Crippen LogP contribution is -2.40. The first-order valence-corrected chi connectivity index (χ1v) is 7.55. The van der Waals surface area contributed by atoms with Gasteiger partial charge in [-0.3, -0.25) is 0 Å². The largest absolute Gasteiger partial charge is 0.413 e. The normalized spacial score (nSPS) is 22.6. The highest BCUT2D eigenvalue weighted by Gasteiger charge is 2.55. The number of fused-ring (bicyclic) bond motifs is 1. The van der Waals surface area contributed by atoms with E-state index in [4.69, 9.17) is 4.65 Å². The molecule has 2 aromatic rings. The summed E-state index contributed by atoms with van der Waals surface area (Å²) in [5, 5.41) is 0. The van der Waals surface area contributed by atoms with Crippen molar-refractivity contribution in [3.05, 3.63) is 84.1 Å². The summed E-state index contributed by atoms with van der Waals surface area (Å²) in [6.45, 7) is 2.14. The Morgan fingerprint density at radius 1 is 1.00 bits per heavy atom. The van der Waals surface area contributed by atoms with Crippen molar-refractivity contribution in [2.24, 2.45) is 0 Å². The summed E-state index contributed by atoms with van der Waals surface area (Å²) in [5.74, 6) is 0. The minimum absolute atomic E-state index is 0.0918. The van der Waals surface area contributed by atoms with Crippen LogP contribution in [-0.2, 0) is 10.3 Å². The molecule has 0 spiro atoms. The molecule has 1 saturated heterocycles. The molecule has 2 heterocycles. The Kier molecular flexibility index (Phi) is 2.90. The van der Waals surface area contributed by atoms with E-state index < -0.39 is 0 Å². The lowest BCUT2D eigenvalue weighted by Gasteiger charge is -2.36. The molecule has 4 rings (SSSR count). The molecular weight excluding hydrogens is 257 g/mol. The second-order valence-electron chi connectivity index (χ2n) is 5.77. The van der Waals surface area contributed by atoms with Gasteiger partial charge in [-0.1, -0.05) is 66.7 Å². The van der Waals surface area contributed by atoms with Crippen LogP contribution in [0.2, 0.25) is 6.82 Å². The molecule has 3 heteroatoms. The third-order valence-corrected chi connectivity index (χ3v) is 4.65. The topological polar surface area (TPSA) is 12.5 Å². The molecule has 0 aliphatic carbocycles. The van der Waals surface area contributed by atoms with Gasteiger partial charge in [0, 0.05) is 0 Å². The fourth-order valence-corrected chi connectivity index (χ4v) is 3.76. The average molecular weight is 275 g/mol. The van der Waals surface area contributed by atoms with Gasteiger partial charge in [-0.15, -0.1) is 0 Å². The van der Waals surface area contributed by atoms with Crippen LogP contribution in [0.15, 0.2) is 72.9 Å². The maximum atomic E-state index is 6.56. The summed E-state index contributed by atoms with van der Waals surface area (Å²) in [5.41, 5.74) is 2.09. The molecule has 0 aromatic heterocycles. The van der Waals surface area contributed by atoms with Crippen LogP contribution in [0.3, 0.4) is 0 Å². The Hall–Kier alpha value is -2.00. The summed E-state index contributed by atoms with van der Waals surface area (Å²) in [7, 11) is 0.0918. The van der Waals surface area contributed by atoms with Crippen LogP contribution in [0.5, 0.6) is 0 Å². The smallest absolute Gasteiger partial charge is 0.401 e. The summed E-state index contributed by atoms with van der Waals surface area (Å²) in [6.07, 6.45) is 5.46. The van der Waals surface area contributed by atoms with E-state index in [2.05, 4.69) is 84.6 Å². The van der Waals surface area contributed by atoms with Crippen molar-refractivity contribution in [1.82, 2.24) is 4.81 Å². The maximum Gasteiger partial charge on any atom is 0.413 e. The van der Waals surface area contributed by atoms with E-state index in [9.17, 15) is 0 Å². The highest BCUT2D eigenvalue weighted by atomic mass is 16.5. The zero-order valence-corrected chi connectivity index (χ0v) is 12.1. The predicted molar refractivity (Wildman–Crippen MR) is 85.8 cm³/mol. The third-order valence-electron chi connectivity index (χ3n) is 4.65. The highest BCUT2D eigenvalue weighted by Crippen LogP contribution is 2.48. The van der Waals surface area contributed by atoms with Crippen molar-refractivity contribution < 1.29 is 4.65 Å². The van der Waals surface area contributed by atoms with E-state index >= 15 is 0 Å². The average Bonchev–Trinajstić information content (AvgIpc) is 3.13. The van der Waals surface area contributed by atoms with Gasteiger partial charge in [0.1, 0.15) is 5.60 Å². The summed E-state index contributed by atoms with van der Waals surface area (Å²) in [4.78, 5) is 2.35. The number of nitrogens with zero attached hydrogens (tertiary/aromatic N) is 1. The molecule has 0 bridgehead atoms. The van der Waals surface area contributed by atoms with Crippen molar-refractivity contribution in [3.8, 4) is 0 Å². The van der Waals surface area contributed by atoms with E-state index in [0.717, 1.165) is 6.42 Å². The van der Waals surface area contributed by atoms with Gasteiger partial charge < -0.3 is 9.47 Å². The number of benzene rings is 2. The molecule has 2 aliphatic heterocycles. The quantitative estimate of drug-likeness (QED) is 0.775. The van der Waals surface area contributed by atoms with Gasteiger partial charge in [-0.2, -0.15) is 0 Å². The molecule has 0 unspecified atom stereocenters. The van der Waals surface area contributed by atoms with E-state index in [1.807, 2.05) is 0 Å². The first-order valence-electron chi connectivity index (χ1n) is 7.55. The van der Waals surface area contributed by atoms with E-state index in [1.54, 1.807) is 0 Å². The van der Waals surface area contributed by atoms with Crippen molar-refractivity contribution in [1.29, 1.82) is 0 Å². The summed E-state index contributed by atoms with van der Waals surface area (Å²) >= 11 is 0. The SMILES string of the molecule is CB1OC(c2ccccc2)(c2ccccc2)[C@H]2CC=CN12. The minimum atomic E-state index is -0.383. The van der Waals surface area contributed by atoms with Gasteiger partial charge in [0.15, 0.2) is 0 Å². The number of hydrogen-bond acceptors (Lipinski definition) is 2. The van der Waals surface area contributed by atoms with Crippen LogP contribution >= 0.6 is 0 Å². The Balaban J connectivity index is 1.92. The Labute approximate surface area is 126 Å². The van der Waals surface area contributed by atoms with Crippen molar-refractivity contribution >= 4 is 7.05 Å². The fraction of sp³-hybridized carbons (Fsp3) is 0.222.